The van der Waals surface area contributed by atoms with Gasteiger partial charge in [0, 0.05) is 16.9 Å². The van der Waals surface area contributed by atoms with Crippen molar-refractivity contribution in [3.8, 4) is 0 Å². The van der Waals surface area contributed by atoms with E-state index < -0.39 is 21.9 Å². The first kappa shape index (κ1) is 23.0. The number of carbonyl (C=O) groups excluding carboxylic acids is 2. The van der Waals surface area contributed by atoms with Crippen LogP contribution in [0.3, 0.4) is 0 Å². The van der Waals surface area contributed by atoms with Crippen LogP contribution in [0.4, 0.5) is 11.4 Å². The van der Waals surface area contributed by atoms with Gasteiger partial charge in [0.1, 0.15) is 0 Å². The summed E-state index contributed by atoms with van der Waals surface area (Å²) in [5.74, 6) is -0.953. The average molecular weight is 453 g/mol. The number of nitrogens with one attached hydrogen (secondary N) is 2. The van der Waals surface area contributed by atoms with Crippen LogP contribution in [0.1, 0.15) is 37.4 Å². The molecular weight excluding hydrogens is 428 g/mol. The monoisotopic (exact) mass is 452 g/mol. The predicted molar refractivity (Wildman–Crippen MR) is 124 cm³/mol. The standard InChI is InChI=1S/C24H24N2O5S/c1-15-11-16(2)13-21(12-15)26-32(29,30)22-14-19(6-5-17(22)3)23(27)25-20-9-7-18(8-10-20)24(28)31-4/h5-14,26H,1-4H3,(H,25,27). The van der Waals surface area contributed by atoms with Crippen molar-refractivity contribution in [2.75, 3.05) is 17.1 Å². The minimum absolute atomic E-state index is 0.0188. The van der Waals surface area contributed by atoms with Crippen molar-refractivity contribution in [1.82, 2.24) is 0 Å². The van der Waals surface area contributed by atoms with Gasteiger partial charge in [0.2, 0.25) is 0 Å². The Morgan fingerprint density at radius 3 is 1.97 bits per heavy atom. The van der Waals surface area contributed by atoms with Gasteiger partial charge in [-0.2, -0.15) is 0 Å². The number of amides is 1. The molecule has 0 spiro atoms. The largest absolute Gasteiger partial charge is 0.465 e. The lowest BCUT2D eigenvalue weighted by Crippen LogP contribution is -2.17. The highest BCUT2D eigenvalue weighted by molar-refractivity contribution is 7.92. The summed E-state index contributed by atoms with van der Waals surface area (Å²) in [7, 11) is -2.62. The van der Waals surface area contributed by atoms with Crippen LogP contribution >= 0.6 is 0 Å². The SMILES string of the molecule is COC(=O)c1ccc(NC(=O)c2ccc(C)c(S(=O)(=O)Nc3cc(C)cc(C)c3)c2)cc1. The second kappa shape index (κ2) is 9.23. The molecule has 0 fully saturated rings. The van der Waals surface area contributed by atoms with E-state index in [2.05, 4.69) is 14.8 Å². The van der Waals surface area contributed by atoms with E-state index >= 15 is 0 Å². The number of rotatable bonds is 6. The number of anilines is 2. The zero-order chi connectivity index (χ0) is 23.5. The Kier molecular flexibility index (Phi) is 6.64. The molecule has 2 N–H and O–H groups in total. The Balaban J connectivity index is 1.84. The van der Waals surface area contributed by atoms with Crippen molar-refractivity contribution in [2.45, 2.75) is 25.7 Å². The van der Waals surface area contributed by atoms with Crippen LogP contribution in [0.2, 0.25) is 0 Å². The van der Waals surface area contributed by atoms with Gasteiger partial charge >= 0.3 is 5.97 Å². The Morgan fingerprint density at radius 1 is 0.781 bits per heavy atom. The third-order valence-electron chi connectivity index (χ3n) is 4.78. The van der Waals surface area contributed by atoms with E-state index in [1.165, 1.54) is 25.3 Å². The molecule has 8 heteroatoms. The molecule has 166 valence electrons. The summed E-state index contributed by atoms with van der Waals surface area (Å²) in [6.45, 7) is 5.45. The fourth-order valence-electron chi connectivity index (χ4n) is 3.29. The Bertz CT molecular complexity index is 1260. The zero-order valence-corrected chi connectivity index (χ0v) is 19.0. The Hall–Kier alpha value is -3.65. The smallest absolute Gasteiger partial charge is 0.337 e. The topological polar surface area (TPSA) is 102 Å². The molecule has 0 bridgehead atoms. The van der Waals surface area contributed by atoms with Crippen LogP contribution in [0, 0.1) is 20.8 Å². The van der Waals surface area contributed by atoms with Gasteiger partial charge in [-0.3, -0.25) is 9.52 Å². The second-order valence-electron chi connectivity index (χ2n) is 7.49. The molecule has 1 amide bonds. The highest BCUT2D eigenvalue weighted by Crippen LogP contribution is 2.23. The summed E-state index contributed by atoms with van der Waals surface area (Å²) in [5, 5.41) is 2.70. The van der Waals surface area contributed by atoms with Crippen molar-refractivity contribution in [1.29, 1.82) is 0 Å². The molecule has 0 saturated carbocycles. The molecule has 32 heavy (non-hydrogen) atoms. The van der Waals surface area contributed by atoms with E-state index in [9.17, 15) is 18.0 Å². The fraction of sp³-hybridized carbons (Fsp3) is 0.167. The van der Waals surface area contributed by atoms with Crippen LogP contribution in [-0.4, -0.2) is 27.4 Å². The quantitative estimate of drug-likeness (QED) is 0.538. The molecule has 0 radical (unpaired) electrons. The van der Waals surface area contributed by atoms with Crippen molar-refractivity contribution in [3.05, 3.63) is 88.5 Å². The second-order valence-corrected chi connectivity index (χ2v) is 9.14. The summed E-state index contributed by atoms with van der Waals surface area (Å²) in [5.41, 5.74) is 3.85. The maximum Gasteiger partial charge on any atom is 0.337 e. The summed E-state index contributed by atoms with van der Waals surface area (Å²) >= 11 is 0. The van der Waals surface area contributed by atoms with E-state index in [1.807, 2.05) is 19.9 Å². The van der Waals surface area contributed by atoms with Gasteiger partial charge in [-0.15, -0.1) is 0 Å². The molecular formula is C24H24N2O5S. The number of benzene rings is 3. The van der Waals surface area contributed by atoms with Crippen molar-refractivity contribution in [3.63, 3.8) is 0 Å². The molecule has 0 saturated heterocycles. The van der Waals surface area contributed by atoms with Crippen LogP contribution in [0.5, 0.6) is 0 Å². The lowest BCUT2D eigenvalue weighted by Gasteiger charge is -2.13. The summed E-state index contributed by atoms with van der Waals surface area (Å²) in [6.07, 6.45) is 0. The maximum absolute atomic E-state index is 13.0. The van der Waals surface area contributed by atoms with E-state index in [4.69, 9.17) is 0 Å². The average Bonchev–Trinajstić information content (AvgIpc) is 2.72. The summed E-state index contributed by atoms with van der Waals surface area (Å²) in [6, 6.07) is 16.1. The van der Waals surface area contributed by atoms with Gasteiger partial charge in [0.25, 0.3) is 15.9 Å². The first-order valence-electron chi connectivity index (χ1n) is 9.80. The number of carbonyl (C=O) groups is 2. The molecule has 0 unspecified atom stereocenters. The predicted octanol–water partition coefficient (Wildman–Crippen LogP) is 4.45. The van der Waals surface area contributed by atoms with Crippen LogP contribution in [0.15, 0.2) is 65.6 Å². The molecule has 0 heterocycles. The minimum atomic E-state index is -3.91. The number of ether oxygens (including phenoxy) is 1. The van der Waals surface area contributed by atoms with Crippen molar-refractivity contribution >= 4 is 33.3 Å². The molecule has 0 aliphatic carbocycles. The fourth-order valence-corrected chi connectivity index (χ4v) is 4.60. The molecule has 0 aliphatic rings. The van der Waals surface area contributed by atoms with E-state index in [-0.39, 0.29) is 10.5 Å². The van der Waals surface area contributed by atoms with E-state index in [0.29, 0.717) is 22.5 Å². The van der Waals surface area contributed by atoms with E-state index in [1.54, 1.807) is 43.3 Å². The van der Waals surface area contributed by atoms with E-state index in [0.717, 1.165) is 11.1 Å². The highest BCUT2D eigenvalue weighted by Gasteiger charge is 2.20. The number of methoxy groups -OCH3 is 1. The highest BCUT2D eigenvalue weighted by atomic mass is 32.2. The first-order chi connectivity index (χ1) is 15.1. The molecule has 7 nitrogen and oxygen atoms in total. The van der Waals surface area contributed by atoms with Crippen LogP contribution in [-0.2, 0) is 14.8 Å². The van der Waals surface area contributed by atoms with Gasteiger partial charge in [-0.25, -0.2) is 13.2 Å². The van der Waals surface area contributed by atoms with Gasteiger partial charge in [0.05, 0.1) is 17.6 Å². The number of sulfonamides is 1. The lowest BCUT2D eigenvalue weighted by molar-refractivity contribution is 0.0600. The van der Waals surface area contributed by atoms with Gasteiger partial charge < -0.3 is 10.1 Å². The lowest BCUT2D eigenvalue weighted by atomic mass is 10.1. The van der Waals surface area contributed by atoms with Gasteiger partial charge in [0.15, 0.2) is 0 Å². The zero-order valence-electron chi connectivity index (χ0n) is 18.2. The molecule has 3 aromatic carbocycles. The molecule has 3 rings (SSSR count). The molecule has 0 atom stereocenters. The summed E-state index contributed by atoms with van der Waals surface area (Å²) in [4.78, 5) is 24.3. The maximum atomic E-state index is 13.0. The van der Waals surface area contributed by atoms with Gasteiger partial charge in [-0.1, -0.05) is 12.1 Å². The van der Waals surface area contributed by atoms with Crippen LogP contribution < -0.4 is 10.0 Å². The number of aryl methyl sites for hydroxylation is 3. The van der Waals surface area contributed by atoms with Gasteiger partial charge in [-0.05, 0) is 86.0 Å². The third-order valence-corrected chi connectivity index (χ3v) is 6.30. The number of esters is 1. The Morgan fingerprint density at radius 2 is 1.38 bits per heavy atom. The molecule has 0 aliphatic heterocycles. The number of hydrogen-bond acceptors (Lipinski definition) is 5. The number of hydrogen-bond donors (Lipinski definition) is 2. The Labute approximate surface area is 187 Å². The summed E-state index contributed by atoms with van der Waals surface area (Å²) < 4.78 is 33.3. The van der Waals surface area contributed by atoms with Crippen molar-refractivity contribution < 1.29 is 22.7 Å². The first-order valence-corrected chi connectivity index (χ1v) is 11.3. The normalized spacial score (nSPS) is 11.0. The van der Waals surface area contributed by atoms with Crippen molar-refractivity contribution in [2.24, 2.45) is 0 Å². The third kappa shape index (κ3) is 5.33. The van der Waals surface area contributed by atoms with Crippen LogP contribution in [0.25, 0.3) is 0 Å². The molecule has 0 aromatic heterocycles. The minimum Gasteiger partial charge on any atom is -0.465 e. The molecule has 3 aromatic rings.